The van der Waals surface area contributed by atoms with E-state index in [1.54, 1.807) is 6.07 Å². The average Bonchev–Trinajstić information content (AvgIpc) is 2.70. The molecule has 0 saturated carbocycles. The quantitative estimate of drug-likeness (QED) is 0.617. The third-order valence-electron chi connectivity index (χ3n) is 5.49. The molecule has 3 aromatic rings. The second-order valence-electron chi connectivity index (χ2n) is 7.96. The van der Waals surface area contributed by atoms with Crippen molar-refractivity contribution in [2.75, 3.05) is 23.3 Å². The van der Waals surface area contributed by atoms with E-state index < -0.39 is 0 Å². The molecule has 0 amide bonds. The van der Waals surface area contributed by atoms with Crippen molar-refractivity contribution in [3.8, 4) is 0 Å². The molecule has 2 heterocycles. The zero-order chi connectivity index (χ0) is 21.3. The SMILES string of the molecule is CCc1ccc2c(CNc3ccc(N4CC(C)OC(C)C4)c(F)c3)cc(=O)oc2c1. The zero-order valence-corrected chi connectivity index (χ0v) is 17.6. The molecule has 0 spiro atoms. The molecule has 1 saturated heterocycles. The number of halogens is 1. The molecule has 4 rings (SSSR count). The smallest absolute Gasteiger partial charge is 0.336 e. The van der Waals surface area contributed by atoms with Gasteiger partial charge in [-0.15, -0.1) is 0 Å². The number of hydrogen-bond acceptors (Lipinski definition) is 5. The summed E-state index contributed by atoms with van der Waals surface area (Å²) >= 11 is 0. The molecule has 0 bridgehead atoms. The minimum absolute atomic E-state index is 0.0669. The number of nitrogens with zero attached hydrogens (tertiary/aromatic N) is 1. The molecule has 0 aliphatic carbocycles. The van der Waals surface area contributed by atoms with Gasteiger partial charge in [0.25, 0.3) is 0 Å². The lowest BCUT2D eigenvalue weighted by Gasteiger charge is -2.37. The van der Waals surface area contributed by atoms with E-state index in [0.717, 1.165) is 22.9 Å². The van der Waals surface area contributed by atoms with Gasteiger partial charge in [-0.3, -0.25) is 0 Å². The Balaban J connectivity index is 1.53. The number of aryl methyl sites for hydroxylation is 1. The lowest BCUT2D eigenvalue weighted by molar-refractivity contribution is -0.00539. The lowest BCUT2D eigenvalue weighted by atomic mass is 10.1. The first-order valence-corrected chi connectivity index (χ1v) is 10.4. The number of rotatable bonds is 5. The van der Waals surface area contributed by atoms with E-state index in [1.165, 1.54) is 12.1 Å². The molecule has 1 N–H and O–H groups in total. The summed E-state index contributed by atoms with van der Waals surface area (Å²) in [6, 6.07) is 12.6. The van der Waals surface area contributed by atoms with Crippen LogP contribution < -0.4 is 15.8 Å². The predicted molar refractivity (Wildman–Crippen MR) is 118 cm³/mol. The Kier molecular flexibility index (Phi) is 5.77. The second-order valence-corrected chi connectivity index (χ2v) is 7.96. The summed E-state index contributed by atoms with van der Waals surface area (Å²) in [4.78, 5) is 14.0. The summed E-state index contributed by atoms with van der Waals surface area (Å²) in [5, 5.41) is 4.12. The summed E-state index contributed by atoms with van der Waals surface area (Å²) in [6.07, 6.45) is 1.00. The summed E-state index contributed by atoms with van der Waals surface area (Å²) in [5.41, 5.74) is 3.38. The normalized spacial score (nSPS) is 19.3. The number of nitrogens with one attached hydrogen (secondary N) is 1. The molecule has 30 heavy (non-hydrogen) atoms. The van der Waals surface area contributed by atoms with E-state index >= 15 is 0 Å². The van der Waals surface area contributed by atoms with Crippen LogP contribution in [0.3, 0.4) is 0 Å². The van der Waals surface area contributed by atoms with E-state index in [0.29, 0.717) is 36.6 Å². The van der Waals surface area contributed by atoms with E-state index in [2.05, 4.69) is 12.2 Å². The van der Waals surface area contributed by atoms with Crippen LogP contribution in [0.2, 0.25) is 0 Å². The predicted octanol–water partition coefficient (Wildman–Crippen LogP) is 4.72. The van der Waals surface area contributed by atoms with Crippen LogP contribution in [-0.4, -0.2) is 25.3 Å². The standard InChI is InChI=1S/C24H27FN2O3/c1-4-17-5-7-20-18(10-24(28)30-23(20)9-17)12-26-19-6-8-22(21(25)11-19)27-13-15(2)29-16(3)14-27/h5-11,15-16,26H,4,12-14H2,1-3H3. The van der Waals surface area contributed by atoms with Gasteiger partial charge in [0.2, 0.25) is 0 Å². The summed E-state index contributed by atoms with van der Waals surface area (Å²) in [7, 11) is 0. The summed E-state index contributed by atoms with van der Waals surface area (Å²) < 4.78 is 25.9. The van der Waals surface area contributed by atoms with Crippen molar-refractivity contribution in [2.45, 2.75) is 45.9 Å². The monoisotopic (exact) mass is 410 g/mol. The van der Waals surface area contributed by atoms with Crippen molar-refractivity contribution in [3.63, 3.8) is 0 Å². The molecule has 2 unspecified atom stereocenters. The number of benzene rings is 2. The maximum Gasteiger partial charge on any atom is 0.336 e. The average molecular weight is 410 g/mol. The van der Waals surface area contributed by atoms with Crippen LogP contribution >= 0.6 is 0 Å². The Hall–Kier alpha value is -2.86. The number of hydrogen-bond donors (Lipinski definition) is 1. The maximum absolute atomic E-state index is 14.8. The molecular weight excluding hydrogens is 383 g/mol. The Morgan fingerprint density at radius 3 is 2.57 bits per heavy atom. The molecule has 5 nitrogen and oxygen atoms in total. The topological polar surface area (TPSA) is 54.7 Å². The van der Waals surface area contributed by atoms with Gasteiger partial charge in [-0.05, 0) is 55.7 Å². The van der Waals surface area contributed by atoms with Gasteiger partial charge < -0.3 is 19.4 Å². The lowest BCUT2D eigenvalue weighted by Crippen LogP contribution is -2.45. The van der Waals surface area contributed by atoms with Crippen molar-refractivity contribution in [1.29, 1.82) is 0 Å². The molecule has 2 aromatic carbocycles. The summed E-state index contributed by atoms with van der Waals surface area (Å²) in [6.45, 7) is 7.79. The molecule has 6 heteroatoms. The van der Waals surface area contributed by atoms with Gasteiger partial charge in [-0.25, -0.2) is 9.18 Å². The van der Waals surface area contributed by atoms with Gasteiger partial charge in [-0.2, -0.15) is 0 Å². The van der Waals surface area contributed by atoms with Crippen molar-refractivity contribution >= 4 is 22.3 Å². The van der Waals surface area contributed by atoms with Crippen molar-refractivity contribution in [1.82, 2.24) is 0 Å². The Morgan fingerprint density at radius 1 is 1.10 bits per heavy atom. The Morgan fingerprint density at radius 2 is 1.87 bits per heavy atom. The highest BCUT2D eigenvalue weighted by Crippen LogP contribution is 2.27. The second kappa shape index (κ2) is 8.48. The van der Waals surface area contributed by atoms with E-state index in [4.69, 9.17) is 9.15 Å². The van der Waals surface area contributed by atoms with Gasteiger partial charge in [0.05, 0.1) is 17.9 Å². The Labute approximate surface area is 175 Å². The molecule has 1 fully saturated rings. The van der Waals surface area contributed by atoms with Crippen LogP contribution in [0.1, 0.15) is 31.9 Å². The number of morpholine rings is 1. The Bertz CT molecular complexity index is 1100. The highest BCUT2D eigenvalue weighted by molar-refractivity contribution is 5.81. The van der Waals surface area contributed by atoms with Gasteiger partial charge in [0.1, 0.15) is 11.4 Å². The third kappa shape index (κ3) is 4.33. The van der Waals surface area contributed by atoms with Crippen molar-refractivity contribution < 1.29 is 13.5 Å². The first-order valence-electron chi connectivity index (χ1n) is 10.4. The molecule has 1 aliphatic rings. The number of anilines is 2. The molecular formula is C24H27FN2O3. The molecule has 0 radical (unpaired) electrons. The minimum Gasteiger partial charge on any atom is -0.423 e. The van der Waals surface area contributed by atoms with Gasteiger partial charge in [0, 0.05) is 36.8 Å². The number of ether oxygens (including phenoxy) is 1. The van der Waals surface area contributed by atoms with Crippen molar-refractivity contribution in [2.24, 2.45) is 0 Å². The van der Waals surface area contributed by atoms with E-state index in [1.807, 2.05) is 43.0 Å². The first-order chi connectivity index (χ1) is 14.4. The van der Waals surface area contributed by atoms with Crippen LogP contribution in [0.25, 0.3) is 11.0 Å². The fourth-order valence-electron chi connectivity index (χ4n) is 4.09. The van der Waals surface area contributed by atoms with Gasteiger partial charge >= 0.3 is 5.63 Å². The molecule has 1 aromatic heterocycles. The fourth-order valence-corrected chi connectivity index (χ4v) is 4.09. The zero-order valence-electron chi connectivity index (χ0n) is 17.6. The minimum atomic E-state index is -0.385. The van der Waals surface area contributed by atoms with Gasteiger partial charge in [0.15, 0.2) is 0 Å². The molecule has 158 valence electrons. The molecule has 1 aliphatic heterocycles. The molecule has 2 atom stereocenters. The third-order valence-corrected chi connectivity index (χ3v) is 5.49. The van der Waals surface area contributed by atoms with Crippen LogP contribution in [-0.2, 0) is 17.7 Å². The summed E-state index contributed by atoms with van der Waals surface area (Å²) in [5.74, 6) is -0.272. The van der Waals surface area contributed by atoms with Gasteiger partial charge in [-0.1, -0.05) is 19.1 Å². The number of fused-ring (bicyclic) bond motifs is 1. The fraction of sp³-hybridized carbons (Fsp3) is 0.375. The van der Waals surface area contributed by atoms with Crippen LogP contribution in [0.5, 0.6) is 0 Å². The largest absolute Gasteiger partial charge is 0.423 e. The van der Waals surface area contributed by atoms with Crippen molar-refractivity contribution in [3.05, 3.63) is 69.8 Å². The van der Waals surface area contributed by atoms with Crippen LogP contribution in [0, 0.1) is 5.82 Å². The highest BCUT2D eigenvalue weighted by Gasteiger charge is 2.24. The maximum atomic E-state index is 14.8. The van der Waals surface area contributed by atoms with Crippen LogP contribution in [0.4, 0.5) is 15.8 Å². The first kappa shape index (κ1) is 20.4. The van der Waals surface area contributed by atoms with E-state index in [-0.39, 0.29) is 23.7 Å². The van der Waals surface area contributed by atoms with E-state index in [9.17, 15) is 9.18 Å². The van der Waals surface area contributed by atoms with Crippen LogP contribution in [0.15, 0.2) is 51.7 Å². The highest BCUT2D eigenvalue weighted by atomic mass is 19.1.